The zero-order valence-electron chi connectivity index (χ0n) is 10.6. The van der Waals surface area contributed by atoms with Gasteiger partial charge in [0.25, 0.3) is 0 Å². The van der Waals surface area contributed by atoms with Gasteiger partial charge in [-0.1, -0.05) is 28.1 Å². The van der Waals surface area contributed by atoms with Crippen LogP contribution < -0.4 is 5.32 Å². The van der Waals surface area contributed by atoms with Gasteiger partial charge in [0.05, 0.1) is 6.54 Å². The van der Waals surface area contributed by atoms with Crippen molar-refractivity contribution in [2.24, 2.45) is 0 Å². The summed E-state index contributed by atoms with van der Waals surface area (Å²) < 4.78 is 0.952. The third kappa shape index (κ3) is 3.67. The number of hydrogen-bond donors (Lipinski definition) is 1. The van der Waals surface area contributed by atoms with Crippen molar-refractivity contribution in [1.29, 1.82) is 0 Å². The van der Waals surface area contributed by atoms with Crippen molar-refractivity contribution < 1.29 is 9.59 Å². The van der Waals surface area contributed by atoms with E-state index in [-0.39, 0.29) is 18.4 Å². The molecule has 1 N–H and O–H groups in total. The van der Waals surface area contributed by atoms with Gasteiger partial charge in [-0.3, -0.25) is 9.59 Å². The molecule has 1 aliphatic rings. The Morgan fingerprint density at radius 1 is 1.47 bits per heavy atom. The summed E-state index contributed by atoms with van der Waals surface area (Å²) in [5.41, 5.74) is 2.10. The Balaban J connectivity index is 2.05. The van der Waals surface area contributed by atoms with E-state index in [2.05, 4.69) is 21.2 Å². The van der Waals surface area contributed by atoms with E-state index in [4.69, 9.17) is 0 Å². The molecule has 0 spiro atoms. The number of piperazine rings is 1. The number of halogens is 1. The molecule has 1 aliphatic heterocycles. The van der Waals surface area contributed by atoms with Crippen molar-refractivity contribution in [3.8, 4) is 0 Å². The van der Waals surface area contributed by atoms with Gasteiger partial charge in [-0.25, -0.2) is 0 Å². The molecule has 1 fully saturated rings. The number of nitrogens with zero attached hydrogens (tertiary/aromatic N) is 1. The minimum absolute atomic E-state index is 0.107. The molecule has 0 bridgehead atoms. The first-order valence-electron chi connectivity index (χ1n) is 6.06. The fraction of sp³-hybridized carbons (Fsp3) is 0.286. The highest BCUT2D eigenvalue weighted by atomic mass is 79.9. The Labute approximate surface area is 120 Å². The van der Waals surface area contributed by atoms with Gasteiger partial charge in [0.1, 0.15) is 0 Å². The van der Waals surface area contributed by atoms with Crippen LogP contribution in [-0.2, 0) is 9.59 Å². The third-order valence-corrected chi connectivity index (χ3v) is 3.60. The summed E-state index contributed by atoms with van der Waals surface area (Å²) in [5.74, 6) is -0.244. The Bertz CT molecular complexity index is 540. The Hall–Kier alpha value is -1.62. The molecule has 1 heterocycles. The summed E-state index contributed by atoms with van der Waals surface area (Å²) in [6, 6.07) is 5.94. The molecular formula is C14H15BrN2O2. The van der Waals surface area contributed by atoms with E-state index in [9.17, 15) is 9.59 Å². The topological polar surface area (TPSA) is 49.4 Å². The van der Waals surface area contributed by atoms with E-state index in [0.29, 0.717) is 13.1 Å². The third-order valence-electron chi connectivity index (χ3n) is 2.91. The first-order chi connectivity index (χ1) is 9.06. The van der Waals surface area contributed by atoms with Crippen LogP contribution >= 0.6 is 15.9 Å². The number of amides is 2. The number of rotatable bonds is 2. The van der Waals surface area contributed by atoms with Gasteiger partial charge in [0, 0.05) is 23.6 Å². The zero-order valence-corrected chi connectivity index (χ0v) is 12.2. The van der Waals surface area contributed by atoms with Gasteiger partial charge in [-0.15, -0.1) is 0 Å². The molecule has 2 rings (SSSR count). The fourth-order valence-electron chi connectivity index (χ4n) is 1.86. The van der Waals surface area contributed by atoms with E-state index in [1.807, 2.05) is 25.1 Å². The molecule has 1 aromatic rings. The molecule has 1 aromatic carbocycles. The van der Waals surface area contributed by atoms with Gasteiger partial charge < -0.3 is 10.2 Å². The molecule has 0 unspecified atom stereocenters. The number of aryl methyl sites for hydroxylation is 1. The molecule has 0 radical (unpaired) electrons. The minimum atomic E-state index is -0.137. The molecular weight excluding hydrogens is 308 g/mol. The smallest absolute Gasteiger partial charge is 0.247 e. The number of carbonyl (C=O) groups excluding carboxylic acids is 2. The second-order valence-electron chi connectivity index (χ2n) is 4.47. The van der Waals surface area contributed by atoms with Crippen LogP contribution in [0.2, 0.25) is 0 Å². The van der Waals surface area contributed by atoms with E-state index in [1.54, 1.807) is 6.08 Å². The van der Waals surface area contributed by atoms with Crippen molar-refractivity contribution in [1.82, 2.24) is 10.2 Å². The Kier molecular flexibility index (Phi) is 4.37. The lowest BCUT2D eigenvalue weighted by Crippen LogP contribution is -2.49. The van der Waals surface area contributed by atoms with Crippen LogP contribution in [0.5, 0.6) is 0 Å². The average molecular weight is 323 g/mol. The molecule has 5 heteroatoms. The largest absolute Gasteiger partial charge is 0.353 e. The molecule has 0 saturated carbocycles. The summed E-state index contributed by atoms with van der Waals surface area (Å²) in [5, 5.41) is 2.69. The first kappa shape index (κ1) is 13.8. The summed E-state index contributed by atoms with van der Waals surface area (Å²) in [7, 11) is 0. The van der Waals surface area contributed by atoms with Crippen molar-refractivity contribution in [2.75, 3.05) is 19.6 Å². The van der Waals surface area contributed by atoms with Crippen molar-refractivity contribution in [3.05, 3.63) is 39.9 Å². The molecule has 100 valence electrons. The predicted molar refractivity (Wildman–Crippen MR) is 77.5 cm³/mol. The maximum atomic E-state index is 11.9. The molecule has 0 atom stereocenters. The van der Waals surface area contributed by atoms with Crippen molar-refractivity contribution >= 4 is 33.8 Å². The zero-order chi connectivity index (χ0) is 13.8. The second-order valence-corrected chi connectivity index (χ2v) is 5.32. The van der Waals surface area contributed by atoms with Crippen molar-refractivity contribution in [3.63, 3.8) is 0 Å². The molecule has 0 aliphatic carbocycles. The van der Waals surface area contributed by atoms with Crippen LogP contribution in [-0.4, -0.2) is 36.3 Å². The number of carbonyl (C=O) groups is 2. The number of hydrogen-bond acceptors (Lipinski definition) is 2. The van der Waals surface area contributed by atoms with Gasteiger partial charge >= 0.3 is 0 Å². The highest BCUT2D eigenvalue weighted by molar-refractivity contribution is 9.10. The fourth-order valence-corrected chi connectivity index (χ4v) is 2.49. The highest BCUT2D eigenvalue weighted by Gasteiger charge is 2.18. The SMILES string of the molecule is Cc1ccc(C=CC(=O)N2CCNC(=O)C2)c(Br)c1. The molecule has 4 nitrogen and oxygen atoms in total. The highest BCUT2D eigenvalue weighted by Crippen LogP contribution is 2.19. The van der Waals surface area contributed by atoms with Gasteiger partial charge in [0.15, 0.2) is 0 Å². The molecule has 19 heavy (non-hydrogen) atoms. The monoisotopic (exact) mass is 322 g/mol. The van der Waals surface area contributed by atoms with Crippen molar-refractivity contribution in [2.45, 2.75) is 6.92 Å². The summed E-state index contributed by atoms with van der Waals surface area (Å²) >= 11 is 3.46. The number of benzene rings is 1. The van der Waals surface area contributed by atoms with E-state index < -0.39 is 0 Å². The van der Waals surface area contributed by atoms with Gasteiger partial charge in [-0.2, -0.15) is 0 Å². The van der Waals surface area contributed by atoms with E-state index in [1.165, 1.54) is 11.0 Å². The number of nitrogens with one attached hydrogen (secondary N) is 1. The van der Waals surface area contributed by atoms with E-state index in [0.717, 1.165) is 15.6 Å². The standard InChI is InChI=1S/C14H15BrN2O2/c1-10-2-3-11(12(15)8-10)4-5-14(19)17-7-6-16-13(18)9-17/h2-5,8H,6-7,9H2,1H3,(H,16,18). The average Bonchev–Trinajstić information content (AvgIpc) is 2.37. The summed E-state index contributed by atoms with van der Waals surface area (Å²) in [6.45, 7) is 3.23. The molecule has 1 saturated heterocycles. The summed E-state index contributed by atoms with van der Waals surface area (Å²) in [6.07, 6.45) is 3.27. The molecule has 0 aromatic heterocycles. The van der Waals surface area contributed by atoms with Crippen LogP contribution in [0.25, 0.3) is 6.08 Å². The lowest BCUT2D eigenvalue weighted by Gasteiger charge is -2.25. The van der Waals surface area contributed by atoms with Gasteiger partial charge in [-0.05, 0) is 30.2 Å². The van der Waals surface area contributed by atoms with Crippen LogP contribution in [0.15, 0.2) is 28.7 Å². The maximum Gasteiger partial charge on any atom is 0.247 e. The van der Waals surface area contributed by atoms with Crippen LogP contribution in [0.4, 0.5) is 0 Å². The normalized spacial score (nSPS) is 15.7. The lowest BCUT2D eigenvalue weighted by atomic mass is 10.1. The Morgan fingerprint density at radius 3 is 2.95 bits per heavy atom. The predicted octanol–water partition coefficient (Wildman–Crippen LogP) is 1.73. The van der Waals surface area contributed by atoms with Gasteiger partial charge in [0.2, 0.25) is 11.8 Å². The quantitative estimate of drug-likeness (QED) is 0.843. The van der Waals surface area contributed by atoms with Crippen LogP contribution in [0.1, 0.15) is 11.1 Å². The maximum absolute atomic E-state index is 11.9. The first-order valence-corrected chi connectivity index (χ1v) is 6.85. The summed E-state index contributed by atoms with van der Waals surface area (Å²) in [4.78, 5) is 24.7. The second kappa shape index (κ2) is 6.02. The van der Waals surface area contributed by atoms with Crippen LogP contribution in [0.3, 0.4) is 0 Å². The van der Waals surface area contributed by atoms with E-state index >= 15 is 0 Å². The minimum Gasteiger partial charge on any atom is -0.353 e. The Morgan fingerprint density at radius 2 is 2.26 bits per heavy atom. The molecule has 2 amide bonds. The van der Waals surface area contributed by atoms with Crippen LogP contribution in [0, 0.1) is 6.92 Å². The lowest BCUT2D eigenvalue weighted by molar-refractivity contribution is -0.134.